The maximum absolute atomic E-state index is 13.1. The highest BCUT2D eigenvalue weighted by atomic mass is 19.1. The number of hydrogen-bond acceptors (Lipinski definition) is 3. The van der Waals surface area contributed by atoms with E-state index >= 15 is 0 Å². The molecule has 0 aliphatic rings. The molecule has 0 spiro atoms. The first-order valence-electron chi connectivity index (χ1n) is 5.25. The molecule has 0 bridgehead atoms. The van der Waals surface area contributed by atoms with Crippen molar-refractivity contribution in [2.24, 2.45) is 0 Å². The van der Waals surface area contributed by atoms with Gasteiger partial charge in [-0.05, 0) is 24.3 Å². The predicted molar refractivity (Wildman–Crippen MR) is 65.0 cm³/mol. The monoisotopic (exact) mass is 246 g/mol. The van der Waals surface area contributed by atoms with Gasteiger partial charge in [0.1, 0.15) is 11.6 Å². The van der Waals surface area contributed by atoms with Gasteiger partial charge in [0.15, 0.2) is 0 Å². The van der Waals surface area contributed by atoms with E-state index in [1.54, 1.807) is 6.07 Å². The number of pyridine rings is 1. The van der Waals surface area contributed by atoms with Gasteiger partial charge in [-0.15, -0.1) is 0 Å². The van der Waals surface area contributed by atoms with Gasteiger partial charge in [-0.2, -0.15) is 0 Å². The van der Waals surface area contributed by atoms with Crippen LogP contribution in [-0.4, -0.2) is 23.0 Å². The van der Waals surface area contributed by atoms with Crippen LogP contribution in [0, 0.1) is 5.82 Å². The van der Waals surface area contributed by atoms with Crippen molar-refractivity contribution in [1.82, 2.24) is 4.98 Å². The number of nitrogens with zero attached hydrogens (tertiary/aromatic N) is 2. The second-order valence-corrected chi connectivity index (χ2v) is 3.78. The Hall–Kier alpha value is -2.43. The summed E-state index contributed by atoms with van der Waals surface area (Å²) in [5.41, 5.74) is 0.671. The molecule has 0 unspecified atom stereocenters. The summed E-state index contributed by atoms with van der Waals surface area (Å²) in [5.74, 6) is -0.876. The van der Waals surface area contributed by atoms with Crippen molar-refractivity contribution in [3.63, 3.8) is 0 Å². The van der Waals surface area contributed by atoms with Gasteiger partial charge >= 0.3 is 0 Å². The lowest BCUT2D eigenvalue weighted by atomic mass is 10.2. The maximum Gasteiger partial charge on any atom is 0.259 e. The highest BCUT2D eigenvalue weighted by molar-refractivity contribution is 6.05. The molecule has 0 fully saturated rings. The van der Waals surface area contributed by atoms with Crippen molar-refractivity contribution in [3.05, 3.63) is 54.1 Å². The second kappa shape index (κ2) is 4.83. The SMILES string of the molecule is CN(C(=O)c1cncc(O)c1)c1cccc(F)c1. The number of hydrogen-bond donors (Lipinski definition) is 1. The van der Waals surface area contributed by atoms with Crippen LogP contribution in [0.25, 0.3) is 0 Å². The third-order valence-corrected chi connectivity index (χ3v) is 2.47. The van der Waals surface area contributed by atoms with Crippen LogP contribution in [0.5, 0.6) is 5.75 Å². The Morgan fingerprint density at radius 2 is 2.11 bits per heavy atom. The first kappa shape index (κ1) is 12.0. The molecule has 5 heteroatoms. The number of aromatic nitrogens is 1. The van der Waals surface area contributed by atoms with Crippen LogP contribution < -0.4 is 4.90 Å². The minimum atomic E-state index is -0.416. The summed E-state index contributed by atoms with van der Waals surface area (Å²) in [6, 6.07) is 7.02. The number of amides is 1. The maximum atomic E-state index is 13.1. The predicted octanol–water partition coefficient (Wildman–Crippen LogP) is 2.20. The summed E-state index contributed by atoms with van der Waals surface area (Å²) in [6.45, 7) is 0. The van der Waals surface area contributed by atoms with Gasteiger partial charge in [-0.3, -0.25) is 9.78 Å². The van der Waals surface area contributed by atoms with Gasteiger partial charge in [0.05, 0.1) is 11.8 Å². The molecule has 0 aliphatic carbocycles. The van der Waals surface area contributed by atoms with E-state index in [0.29, 0.717) is 5.69 Å². The Morgan fingerprint density at radius 3 is 2.78 bits per heavy atom. The molecule has 0 saturated carbocycles. The molecule has 0 saturated heterocycles. The molecular weight excluding hydrogens is 235 g/mol. The molecule has 2 rings (SSSR count). The quantitative estimate of drug-likeness (QED) is 0.883. The lowest BCUT2D eigenvalue weighted by Gasteiger charge is -2.17. The Kier molecular flexibility index (Phi) is 3.23. The molecule has 2 aromatic rings. The molecule has 1 aromatic carbocycles. The van der Waals surface area contributed by atoms with Gasteiger partial charge in [0.2, 0.25) is 0 Å². The second-order valence-electron chi connectivity index (χ2n) is 3.78. The molecule has 4 nitrogen and oxygen atoms in total. The molecule has 1 N–H and O–H groups in total. The van der Waals surface area contributed by atoms with Crippen molar-refractivity contribution in [2.75, 3.05) is 11.9 Å². The van der Waals surface area contributed by atoms with Gasteiger partial charge < -0.3 is 10.0 Å². The molecular formula is C13H11FN2O2. The third kappa shape index (κ3) is 2.45. The fourth-order valence-corrected chi connectivity index (χ4v) is 1.54. The van der Waals surface area contributed by atoms with Crippen LogP contribution in [0.3, 0.4) is 0 Å². The van der Waals surface area contributed by atoms with Crippen LogP contribution >= 0.6 is 0 Å². The topological polar surface area (TPSA) is 53.4 Å². The molecule has 0 atom stereocenters. The van der Waals surface area contributed by atoms with Crippen LogP contribution in [0.4, 0.5) is 10.1 Å². The average molecular weight is 246 g/mol. The number of rotatable bonds is 2. The summed E-state index contributed by atoms with van der Waals surface area (Å²) in [7, 11) is 1.53. The number of carbonyl (C=O) groups excluding carboxylic acids is 1. The number of carbonyl (C=O) groups is 1. The molecule has 1 aromatic heterocycles. The molecule has 0 aliphatic heterocycles. The van der Waals surface area contributed by atoms with Crippen molar-refractivity contribution in [2.45, 2.75) is 0 Å². The number of aromatic hydroxyl groups is 1. The summed E-state index contributed by atoms with van der Waals surface area (Å²) in [6.07, 6.45) is 2.58. The minimum Gasteiger partial charge on any atom is -0.506 e. The Labute approximate surface area is 103 Å². The molecule has 1 amide bonds. The Bertz CT molecular complexity index is 587. The minimum absolute atomic E-state index is 0.0894. The highest BCUT2D eigenvalue weighted by Gasteiger charge is 2.14. The summed E-state index contributed by atoms with van der Waals surface area (Å²) < 4.78 is 13.1. The van der Waals surface area contributed by atoms with Crippen molar-refractivity contribution < 1.29 is 14.3 Å². The van der Waals surface area contributed by atoms with Gasteiger partial charge in [0, 0.05) is 18.9 Å². The largest absolute Gasteiger partial charge is 0.506 e. The Morgan fingerprint density at radius 1 is 1.33 bits per heavy atom. The van der Waals surface area contributed by atoms with E-state index in [1.165, 1.54) is 48.6 Å². The molecule has 0 radical (unpaired) electrons. The fourth-order valence-electron chi connectivity index (χ4n) is 1.54. The van der Waals surface area contributed by atoms with Crippen molar-refractivity contribution in [1.29, 1.82) is 0 Å². The number of anilines is 1. The van der Waals surface area contributed by atoms with E-state index in [4.69, 9.17) is 0 Å². The molecule has 1 heterocycles. The van der Waals surface area contributed by atoms with Crippen LogP contribution in [0.1, 0.15) is 10.4 Å². The first-order valence-corrected chi connectivity index (χ1v) is 5.25. The van der Waals surface area contributed by atoms with Gasteiger partial charge in [0.25, 0.3) is 5.91 Å². The molecule has 18 heavy (non-hydrogen) atoms. The van der Waals surface area contributed by atoms with E-state index in [9.17, 15) is 14.3 Å². The van der Waals surface area contributed by atoms with Crippen molar-refractivity contribution >= 4 is 11.6 Å². The smallest absolute Gasteiger partial charge is 0.259 e. The lowest BCUT2D eigenvalue weighted by Crippen LogP contribution is -2.26. The van der Waals surface area contributed by atoms with E-state index < -0.39 is 5.82 Å². The lowest BCUT2D eigenvalue weighted by molar-refractivity contribution is 0.0992. The zero-order valence-electron chi connectivity index (χ0n) is 9.67. The van der Waals surface area contributed by atoms with Crippen LogP contribution in [0.2, 0.25) is 0 Å². The van der Waals surface area contributed by atoms with Crippen LogP contribution in [-0.2, 0) is 0 Å². The first-order chi connectivity index (χ1) is 8.58. The standard InChI is InChI=1S/C13H11FN2O2/c1-16(11-4-2-3-10(14)6-11)13(18)9-5-12(17)8-15-7-9/h2-8,17H,1H3. The highest BCUT2D eigenvalue weighted by Crippen LogP contribution is 2.17. The van der Waals surface area contributed by atoms with Gasteiger partial charge in [-0.25, -0.2) is 4.39 Å². The Balaban J connectivity index is 2.29. The van der Waals surface area contributed by atoms with E-state index in [1.807, 2.05) is 0 Å². The van der Waals surface area contributed by atoms with E-state index in [0.717, 1.165) is 0 Å². The summed E-state index contributed by atoms with van der Waals surface area (Å²) >= 11 is 0. The normalized spacial score (nSPS) is 10.1. The zero-order valence-corrected chi connectivity index (χ0v) is 9.67. The zero-order chi connectivity index (χ0) is 13.1. The number of halogens is 1. The summed E-state index contributed by atoms with van der Waals surface area (Å²) in [5, 5.41) is 9.27. The summed E-state index contributed by atoms with van der Waals surface area (Å²) in [4.78, 5) is 17.1. The van der Waals surface area contributed by atoms with E-state index in [-0.39, 0.29) is 17.2 Å². The third-order valence-electron chi connectivity index (χ3n) is 2.47. The van der Waals surface area contributed by atoms with E-state index in [2.05, 4.69) is 4.98 Å². The van der Waals surface area contributed by atoms with Crippen molar-refractivity contribution in [3.8, 4) is 5.75 Å². The fraction of sp³-hybridized carbons (Fsp3) is 0.0769. The van der Waals surface area contributed by atoms with Crippen LogP contribution in [0.15, 0.2) is 42.7 Å². The average Bonchev–Trinajstić information content (AvgIpc) is 2.37. The molecule has 92 valence electrons. The number of benzene rings is 1. The van der Waals surface area contributed by atoms with Gasteiger partial charge in [-0.1, -0.05) is 6.07 Å².